The fraction of sp³-hybridized carbons (Fsp3) is 0.714. The van der Waals surface area contributed by atoms with Crippen LogP contribution in [0.4, 0.5) is 0 Å². The van der Waals surface area contributed by atoms with Gasteiger partial charge in [-0.3, -0.25) is 4.79 Å². The molecule has 0 aliphatic carbocycles. The predicted molar refractivity (Wildman–Crippen MR) is 48.3 cm³/mol. The number of rotatable bonds is 5. The minimum absolute atomic E-state index is 0.139. The highest BCUT2D eigenvalue weighted by atomic mass is 79.9. The third-order valence-electron chi connectivity index (χ3n) is 1.33. The predicted octanol–water partition coefficient (Wildman–Crippen LogP) is 0.751. The molecule has 0 spiro atoms. The topological polar surface area (TPSA) is 66.4 Å². The van der Waals surface area contributed by atoms with Gasteiger partial charge in [-0.25, -0.2) is 4.79 Å². The quantitative estimate of drug-likeness (QED) is 0.694. The van der Waals surface area contributed by atoms with Crippen molar-refractivity contribution in [2.75, 3.05) is 5.33 Å². The second-order valence-electron chi connectivity index (χ2n) is 2.38. The Balaban J connectivity index is 3.95. The van der Waals surface area contributed by atoms with Gasteiger partial charge < -0.3 is 10.4 Å². The van der Waals surface area contributed by atoms with Crippen LogP contribution in [0.5, 0.6) is 0 Å². The molecule has 0 saturated heterocycles. The molecule has 70 valence electrons. The molecule has 0 aliphatic heterocycles. The molecule has 0 fully saturated rings. The molecule has 1 atom stereocenters. The van der Waals surface area contributed by atoms with Crippen LogP contribution in [0.3, 0.4) is 0 Å². The van der Waals surface area contributed by atoms with E-state index >= 15 is 0 Å². The normalized spacial score (nSPS) is 12.2. The molecule has 12 heavy (non-hydrogen) atoms. The number of carbonyl (C=O) groups is 2. The maximum atomic E-state index is 10.8. The van der Waals surface area contributed by atoms with E-state index in [1.165, 1.54) is 0 Å². The number of hydrogen-bond donors (Lipinski definition) is 2. The maximum Gasteiger partial charge on any atom is 0.326 e. The van der Waals surface area contributed by atoms with Crippen LogP contribution >= 0.6 is 15.9 Å². The van der Waals surface area contributed by atoms with Crippen LogP contribution < -0.4 is 5.32 Å². The lowest BCUT2D eigenvalue weighted by Gasteiger charge is -2.11. The molecule has 0 rings (SSSR count). The monoisotopic (exact) mass is 237 g/mol. The van der Waals surface area contributed by atoms with E-state index in [0.717, 1.165) is 6.42 Å². The Labute approximate surface area is 79.5 Å². The van der Waals surface area contributed by atoms with Crippen molar-refractivity contribution in [1.82, 2.24) is 5.32 Å². The van der Waals surface area contributed by atoms with Crippen LogP contribution in [0.1, 0.15) is 19.8 Å². The summed E-state index contributed by atoms with van der Waals surface area (Å²) in [7, 11) is 0. The van der Waals surface area contributed by atoms with Gasteiger partial charge in [0.15, 0.2) is 0 Å². The number of alkyl halides is 1. The zero-order valence-corrected chi connectivity index (χ0v) is 8.43. The molecule has 1 amide bonds. The van der Waals surface area contributed by atoms with Crippen molar-refractivity contribution >= 4 is 27.8 Å². The van der Waals surface area contributed by atoms with Crippen LogP contribution in [-0.2, 0) is 9.59 Å². The second-order valence-corrected chi connectivity index (χ2v) is 2.94. The van der Waals surface area contributed by atoms with E-state index in [9.17, 15) is 9.59 Å². The summed E-state index contributed by atoms with van der Waals surface area (Å²) in [6, 6.07) is -0.750. The van der Waals surface area contributed by atoms with Gasteiger partial charge in [-0.15, -0.1) is 0 Å². The highest BCUT2D eigenvalue weighted by Gasteiger charge is 2.17. The van der Waals surface area contributed by atoms with Gasteiger partial charge in [0.05, 0.1) is 5.33 Å². The average molecular weight is 238 g/mol. The third-order valence-corrected chi connectivity index (χ3v) is 1.84. The smallest absolute Gasteiger partial charge is 0.326 e. The molecule has 0 aromatic rings. The van der Waals surface area contributed by atoms with Crippen LogP contribution in [0.25, 0.3) is 0 Å². The van der Waals surface area contributed by atoms with E-state index in [2.05, 4.69) is 21.2 Å². The molecule has 0 unspecified atom stereocenters. The first-order chi connectivity index (χ1) is 5.61. The van der Waals surface area contributed by atoms with E-state index in [0.29, 0.717) is 6.42 Å². The Morgan fingerprint density at radius 2 is 2.17 bits per heavy atom. The minimum atomic E-state index is -0.980. The largest absolute Gasteiger partial charge is 0.480 e. The first kappa shape index (κ1) is 11.4. The Kier molecular flexibility index (Phi) is 5.70. The Bertz CT molecular complexity index is 170. The summed E-state index contributed by atoms with van der Waals surface area (Å²) >= 11 is 2.94. The number of carbonyl (C=O) groups excluding carboxylic acids is 1. The van der Waals surface area contributed by atoms with Crippen LogP contribution in [0.2, 0.25) is 0 Å². The zero-order chi connectivity index (χ0) is 9.56. The van der Waals surface area contributed by atoms with E-state index in [1.807, 2.05) is 6.92 Å². The van der Waals surface area contributed by atoms with Gasteiger partial charge in [-0.1, -0.05) is 29.3 Å². The van der Waals surface area contributed by atoms with Gasteiger partial charge in [-0.05, 0) is 6.42 Å². The van der Waals surface area contributed by atoms with E-state index in [1.54, 1.807) is 0 Å². The van der Waals surface area contributed by atoms with Crippen molar-refractivity contribution in [3.63, 3.8) is 0 Å². The summed E-state index contributed by atoms with van der Waals surface area (Å²) < 4.78 is 0. The standard InChI is InChI=1S/C7H12BrNO3/c1-2-3-5(7(11)12)9-6(10)4-8/h5H,2-4H2,1H3,(H,9,10)(H,11,12)/t5-/m0/s1. The molecular formula is C7H12BrNO3. The number of carboxylic acid groups (broad SMARTS) is 1. The maximum absolute atomic E-state index is 10.8. The summed E-state index contributed by atoms with van der Waals surface area (Å²) in [5, 5.41) is 11.1. The van der Waals surface area contributed by atoms with Crippen LogP contribution in [-0.4, -0.2) is 28.4 Å². The van der Waals surface area contributed by atoms with Crippen molar-refractivity contribution in [3.8, 4) is 0 Å². The van der Waals surface area contributed by atoms with Crippen LogP contribution in [0.15, 0.2) is 0 Å². The van der Waals surface area contributed by atoms with Crippen LogP contribution in [0, 0.1) is 0 Å². The first-order valence-electron chi connectivity index (χ1n) is 3.70. The summed E-state index contributed by atoms with van der Waals surface area (Å²) in [5.41, 5.74) is 0. The van der Waals surface area contributed by atoms with Gasteiger partial charge in [0.1, 0.15) is 6.04 Å². The van der Waals surface area contributed by atoms with Gasteiger partial charge in [0.25, 0.3) is 0 Å². The summed E-state index contributed by atoms with van der Waals surface area (Å²) in [6.45, 7) is 1.87. The fourth-order valence-corrected chi connectivity index (χ4v) is 0.941. The van der Waals surface area contributed by atoms with E-state index in [4.69, 9.17) is 5.11 Å². The SMILES string of the molecule is CCC[C@H](NC(=O)CBr)C(=O)O. The Morgan fingerprint density at radius 3 is 2.50 bits per heavy atom. The number of amides is 1. The summed E-state index contributed by atoms with van der Waals surface area (Å²) in [6.07, 6.45) is 1.20. The highest BCUT2D eigenvalue weighted by Crippen LogP contribution is 1.96. The first-order valence-corrected chi connectivity index (χ1v) is 4.82. The molecule has 5 heteroatoms. The molecule has 0 radical (unpaired) electrons. The molecule has 0 aliphatic rings. The lowest BCUT2D eigenvalue weighted by Crippen LogP contribution is -2.41. The lowest BCUT2D eigenvalue weighted by molar-refractivity contribution is -0.141. The molecule has 0 aromatic carbocycles. The number of hydrogen-bond acceptors (Lipinski definition) is 2. The average Bonchev–Trinajstić information content (AvgIpc) is 2.03. The molecule has 4 nitrogen and oxygen atoms in total. The van der Waals surface area contributed by atoms with E-state index < -0.39 is 12.0 Å². The van der Waals surface area contributed by atoms with E-state index in [-0.39, 0.29) is 11.2 Å². The number of carboxylic acids is 1. The van der Waals surface area contributed by atoms with Crippen molar-refractivity contribution < 1.29 is 14.7 Å². The molecule has 2 N–H and O–H groups in total. The fourth-order valence-electron chi connectivity index (χ4n) is 0.779. The number of aliphatic carboxylic acids is 1. The van der Waals surface area contributed by atoms with Crippen molar-refractivity contribution in [3.05, 3.63) is 0 Å². The van der Waals surface area contributed by atoms with Gasteiger partial charge in [0, 0.05) is 0 Å². The summed E-state index contributed by atoms with van der Waals surface area (Å²) in [5.74, 6) is -1.28. The highest BCUT2D eigenvalue weighted by molar-refractivity contribution is 9.09. The molecule has 0 saturated carbocycles. The molecule has 0 bridgehead atoms. The minimum Gasteiger partial charge on any atom is -0.480 e. The Morgan fingerprint density at radius 1 is 1.58 bits per heavy atom. The number of halogens is 1. The number of nitrogens with one attached hydrogen (secondary N) is 1. The van der Waals surface area contributed by atoms with Crippen molar-refractivity contribution in [1.29, 1.82) is 0 Å². The molecule has 0 heterocycles. The van der Waals surface area contributed by atoms with Crippen molar-refractivity contribution in [2.24, 2.45) is 0 Å². The third kappa shape index (κ3) is 4.33. The summed E-state index contributed by atoms with van der Waals surface area (Å²) in [4.78, 5) is 21.3. The van der Waals surface area contributed by atoms with Gasteiger partial charge in [-0.2, -0.15) is 0 Å². The van der Waals surface area contributed by atoms with Crippen molar-refractivity contribution in [2.45, 2.75) is 25.8 Å². The van der Waals surface area contributed by atoms with Gasteiger partial charge >= 0.3 is 5.97 Å². The molecular weight excluding hydrogens is 226 g/mol. The molecule has 0 aromatic heterocycles. The second kappa shape index (κ2) is 5.99. The lowest BCUT2D eigenvalue weighted by atomic mass is 10.2. The zero-order valence-electron chi connectivity index (χ0n) is 6.84. The Hall–Kier alpha value is -0.580. The van der Waals surface area contributed by atoms with Gasteiger partial charge in [0.2, 0.25) is 5.91 Å².